The highest BCUT2D eigenvalue weighted by molar-refractivity contribution is 6.68. The van der Waals surface area contributed by atoms with Gasteiger partial charge < -0.3 is 10.5 Å². The van der Waals surface area contributed by atoms with Crippen molar-refractivity contribution < 1.29 is 31.1 Å². The predicted octanol–water partition coefficient (Wildman–Crippen LogP) is 5.46. The van der Waals surface area contributed by atoms with Crippen molar-refractivity contribution in [1.29, 1.82) is 0 Å². The van der Waals surface area contributed by atoms with Gasteiger partial charge in [0.25, 0.3) is 0 Å². The van der Waals surface area contributed by atoms with Crippen molar-refractivity contribution in [2.45, 2.75) is 35.4 Å². The van der Waals surface area contributed by atoms with Crippen molar-refractivity contribution in [3.63, 3.8) is 0 Å². The number of nitrogens with two attached hydrogens (primary N) is 1. The van der Waals surface area contributed by atoms with Gasteiger partial charge in [0.15, 0.2) is 6.23 Å². The minimum atomic E-state index is -4.97. The molecule has 0 bridgehead atoms. The Balaban J connectivity index is 3.25. The summed E-state index contributed by atoms with van der Waals surface area (Å²) >= 11 is 16.3. The molecule has 0 saturated heterocycles. The van der Waals surface area contributed by atoms with E-state index in [0.29, 0.717) is 12.1 Å². The van der Waals surface area contributed by atoms with Gasteiger partial charge in [-0.05, 0) is 30.7 Å². The highest BCUT2D eigenvalue weighted by Gasteiger charge is 2.38. The topological polar surface area (TPSA) is 35.2 Å². The summed E-state index contributed by atoms with van der Waals surface area (Å²) in [6, 6.07) is 1.04. The number of halogens is 9. The molecule has 23 heavy (non-hydrogen) atoms. The average Bonchev–Trinajstić information content (AvgIpc) is 2.34. The zero-order chi connectivity index (χ0) is 18.2. The molecule has 0 heterocycles. The van der Waals surface area contributed by atoms with Crippen LogP contribution in [0, 0.1) is 0 Å². The van der Waals surface area contributed by atoms with Crippen LogP contribution in [0.4, 0.5) is 26.3 Å². The van der Waals surface area contributed by atoms with E-state index in [-0.39, 0.29) is 6.07 Å². The SMILES string of the molecule is C[C@H](OC(N)C(Cl)(Cl)Cl)c1cc(C(F)(F)F)cc(C(F)(F)F)c1. The third kappa shape index (κ3) is 5.86. The van der Waals surface area contributed by atoms with E-state index in [1.54, 1.807) is 0 Å². The Morgan fingerprint density at radius 2 is 1.30 bits per heavy atom. The molecule has 11 heteroatoms. The zero-order valence-corrected chi connectivity index (χ0v) is 13.5. The van der Waals surface area contributed by atoms with E-state index in [1.807, 2.05) is 0 Å². The zero-order valence-electron chi connectivity index (χ0n) is 11.3. The Morgan fingerprint density at radius 1 is 0.913 bits per heavy atom. The lowest BCUT2D eigenvalue weighted by atomic mass is 10.0. The quantitative estimate of drug-likeness (QED) is 0.413. The van der Waals surface area contributed by atoms with Crippen molar-refractivity contribution in [2.75, 3.05) is 0 Å². The molecule has 0 saturated carbocycles. The predicted molar refractivity (Wildman–Crippen MR) is 74.2 cm³/mol. The van der Waals surface area contributed by atoms with Crippen LogP contribution in [0.1, 0.15) is 29.7 Å². The van der Waals surface area contributed by atoms with Crippen LogP contribution in [0.5, 0.6) is 0 Å². The fourth-order valence-corrected chi connectivity index (χ4v) is 1.74. The molecule has 1 rings (SSSR count). The number of ether oxygens (including phenoxy) is 1. The summed E-state index contributed by atoms with van der Waals surface area (Å²) in [5.74, 6) is 0. The molecule has 0 aliphatic carbocycles. The standard InChI is InChI=1S/C12H10Cl3F6NO/c1-5(23-9(22)10(13,14)15)6-2-7(11(16,17)18)4-8(3-6)12(19,20)21/h2-5,9H,22H2,1H3/t5-,9?/m0/s1. The maximum Gasteiger partial charge on any atom is 0.416 e. The van der Waals surface area contributed by atoms with Gasteiger partial charge in [0.2, 0.25) is 3.79 Å². The summed E-state index contributed by atoms with van der Waals surface area (Å²) in [6.07, 6.45) is -12.8. The van der Waals surface area contributed by atoms with Crippen LogP contribution < -0.4 is 5.73 Å². The molecule has 2 nitrogen and oxygen atoms in total. The molecule has 1 aromatic rings. The van der Waals surface area contributed by atoms with Gasteiger partial charge in [0, 0.05) is 0 Å². The summed E-state index contributed by atoms with van der Waals surface area (Å²) in [4.78, 5) is 0. The van der Waals surface area contributed by atoms with Crippen LogP contribution in [-0.2, 0) is 17.1 Å². The summed E-state index contributed by atoms with van der Waals surface area (Å²) in [5, 5.41) is 0. The van der Waals surface area contributed by atoms with Gasteiger partial charge in [-0.1, -0.05) is 34.8 Å². The fourth-order valence-electron chi connectivity index (χ4n) is 1.59. The van der Waals surface area contributed by atoms with E-state index >= 15 is 0 Å². The molecule has 2 N–H and O–H groups in total. The average molecular weight is 405 g/mol. The summed E-state index contributed by atoms with van der Waals surface area (Å²) in [5.41, 5.74) is 2.02. The normalized spacial score (nSPS) is 16.3. The second-order valence-electron chi connectivity index (χ2n) is 4.58. The van der Waals surface area contributed by atoms with Crippen LogP contribution in [0.15, 0.2) is 18.2 Å². The largest absolute Gasteiger partial charge is 0.416 e. The Labute approximate surface area is 142 Å². The van der Waals surface area contributed by atoms with Crippen LogP contribution in [0.2, 0.25) is 0 Å². The first-order valence-electron chi connectivity index (χ1n) is 5.89. The lowest BCUT2D eigenvalue weighted by molar-refractivity contribution is -0.143. The summed E-state index contributed by atoms with van der Waals surface area (Å²) in [7, 11) is 0. The molecule has 0 radical (unpaired) electrons. The maximum atomic E-state index is 12.8. The molecule has 0 aromatic heterocycles. The molecular weight excluding hydrogens is 394 g/mol. The monoisotopic (exact) mass is 403 g/mol. The molecule has 0 spiro atoms. The van der Waals surface area contributed by atoms with Gasteiger partial charge in [-0.25, -0.2) is 0 Å². The van der Waals surface area contributed by atoms with Crippen molar-refractivity contribution in [2.24, 2.45) is 5.73 Å². The van der Waals surface area contributed by atoms with Crippen LogP contribution >= 0.6 is 34.8 Å². The number of alkyl halides is 9. The minimum Gasteiger partial charge on any atom is -0.351 e. The highest BCUT2D eigenvalue weighted by atomic mass is 35.6. The van der Waals surface area contributed by atoms with E-state index in [2.05, 4.69) is 0 Å². The molecule has 2 atom stereocenters. The Kier molecular flexibility index (Phi) is 6.13. The van der Waals surface area contributed by atoms with Crippen LogP contribution in [0.25, 0.3) is 0 Å². The first-order valence-corrected chi connectivity index (χ1v) is 7.03. The molecule has 132 valence electrons. The molecule has 0 fully saturated rings. The second-order valence-corrected chi connectivity index (χ2v) is 6.95. The smallest absolute Gasteiger partial charge is 0.351 e. The van der Waals surface area contributed by atoms with Gasteiger partial charge in [-0.2, -0.15) is 26.3 Å². The second kappa shape index (κ2) is 6.84. The maximum absolute atomic E-state index is 12.8. The molecule has 0 amide bonds. The van der Waals surface area contributed by atoms with Gasteiger partial charge in [0.05, 0.1) is 17.2 Å². The van der Waals surface area contributed by atoms with Crippen LogP contribution in [-0.4, -0.2) is 10.0 Å². The van der Waals surface area contributed by atoms with E-state index in [9.17, 15) is 26.3 Å². The lowest BCUT2D eigenvalue weighted by Gasteiger charge is -2.25. The summed E-state index contributed by atoms with van der Waals surface area (Å²) in [6.45, 7) is 1.19. The van der Waals surface area contributed by atoms with E-state index in [4.69, 9.17) is 45.3 Å². The van der Waals surface area contributed by atoms with Crippen molar-refractivity contribution >= 4 is 34.8 Å². The number of benzene rings is 1. The Bertz CT molecular complexity index is 523. The van der Waals surface area contributed by atoms with Gasteiger partial charge in [-0.3, -0.25) is 0 Å². The fraction of sp³-hybridized carbons (Fsp3) is 0.500. The first kappa shape index (κ1) is 20.6. The minimum absolute atomic E-state index is 0.00505. The van der Waals surface area contributed by atoms with Gasteiger partial charge >= 0.3 is 12.4 Å². The molecule has 0 aliphatic rings. The number of hydrogen-bond acceptors (Lipinski definition) is 2. The van der Waals surface area contributed by atoms with Gasteiger partial charge in [-0.15, -0.1) is 0 Å². The highest BCUT2D eigenvalue weighted by Crippen LogP contribution is 2.39. The van der Waals surface area contributed by atoms with Crippen molar-refractivity contribution in [3.05, 3.63) is 34.9 Å². The van der Waals surface area contributed by atoms with Crippen molar-refractivity contribution in [3.8, 4) is 0 Å². The van der Waals surface area contributed by atoms with E-state index in [0.717, 1.165) is 0 Å². The molecule has 1 aromatic carbocycles. The number of hydrogen-bond donors (Lipinski definition) is 1. The van der Waals surface area contributed by atoms with Gasteiger partial charge in [0.1, 0.15) is 0 Å². The Hall–Kier alpha value is -0.410. The van der Waals surface area contributed by atoms with E-state index in [1.165, 1.54) is 6.92 Å². The third-order valence-electron chi connectivity index (χ3n) is 2.75. The third-order valence-corrected chi connectivity index (χ3v) is 3.40. The first-order chi connectivity index (χ1) is 10.1. The lowest BCUT2D eigenvalue weighted by Crippen LogP contribution is -2.38. The molecule has 1 unspecified atom stereocenters. The Morgan fingerprint density at radius 3 is 1.61 bits per heavy atom. The summed E-state index contributed by atoms with van der Waals surface area (Å²) < 4.78 is 79.4. The van der Waals surface area contributed by atoms with Crippen molar-refractivity contribution in [1.82, 2.24) is 0 Å². The van der Waals surface area contributed by atoms with E-state index < -0.39 is 45.2 Å². The van der Waals surface area contributed by atoms with Crippen LogP contribution in [0.3, 0.4) is 0 Å². The molecule has 0 aliphatic heterocycles. The molecular formula is C12H10Cl3F6NO. The number of rotatable bonds is 3.